The first kappa shape index (κ1) is 18.3. The quantitative estimate of drug-likeness (QED) is 0.452. The number of imidazole rings is 1. The summed E-state index contributed by atoms with van der Waals surface area (Å²) in [5, 5.41) is 11.3. The maximum absolute atomic E-state index is 13.0. The highest BCUT2D eigenvalue weighted by molar-refractivity contribution is 7.15. The number of rotatable bonds is 3. The Kier molecular flexibility index (Phi) is 4.08. The zero-order chi connectivity index (χ0) is 21.0. The number of carboxylic acid groups (broad SMARTS) is 1. The van der Waals surface area contributed by atoms with Crippen molar-refractivity contribution in [3.05, 3.63) is 85.9 Å². The van der Waals surface area contributed by atoms with Gasteiger partial charge in [-0.15, -0.1) is 0 Å². The Morgan fingerprint density at radius 2 is 1.90 bits per heavy atom. The fraction of sp³-hybridized carbons (Fsp3) is 0.0870. The number of carbonyl (C=O) groups excluding carboxylic acids is 1. The molecule has 0 amide bonds. The van der Waals surface area contributed by atoms with Gasteiger partial charge in [-0.05, 0) is 49.2 Å². The zero-order valence-electron chi connectivity index (χ0n) is 16.1. The molecule has 0 bridgehead atoms. The molecule has 0 saturated heterocycles. The van der Waals surface area contributed by atoms with E-state index in [0.29, 0.717) is 26.6 Å². The van der Waals surface area contributed by atoms with Crippen LogP contribution in [0.2, 0.25) is 0 Å². The second kappa shape index (κ2) is 6.67. The first-order valence-electron chi connectivity index (χ1n) is 9.27. The van der Waals surface area contributed by atoms with Crippen molar-refractivity contribution < 1.29 is 14.3 Å². The Bertz CT molecular complexity index is 1570. The van der Waals surface area contributed by atoms with E-state index in [-0.39, 0.29) is 11.1 Å². The summed E-state index contributed by atoms with van der Waals surface area (Å²) in [5.74, 6) is -0.422. The highest BCUT2D eigenvalue weighted by atomic mass is 32.1. The highest BCUT2D eigenvalue weighted by Gasteiger charge is 2.13. The number of fused-ring (bicyclic) bond motifs is 3. The normalized spacial score (nSPS) is 12.3. The maximum Gasteiger partial charge on any atom is 0.275 e. The summed E-state index contributed by atoms with van der Waals surface area (Å²) in [5.41, 5.74) is 4.14. The molecule has 0 saturated carbocycles. The van der Waals surface area contributed by atoms with Gasteiger partial charge in [0.15, 0.2) is 4.96 Å². The van der Waals surface area contributed by atoms with E-state index in [1.165, 1.54) is 17.4 Å². The van der Waals surface area contributed by atoms with Gasteiger partial charge in [0.2, 0.25) is 0 Å². The molecule has 5 rings (SSSR count). The second-order valence-electron chi connectivity index (χ2n) is 7.11. The van der Waals surface area contributed by atoms with Gasteiger partial charge in [0.25, 0.3) is 5.56 Å². The molecule has 0 aliphatic rings. The fourth-order valence-electron chi connectivity index (χ4n) is 3.50. The van der Waals surface area contributed by atoms with Crippen LogP contribution in [0.25, 0.3) is 33.4 Å². The van der Waals surface area contributed by atoms with E-state index in [0.717, 1.165) is 22.2 Å². The standard InChI is InChI=1S/C23H16N2O4S/c1-12-9-17-18(10-13(12)2)25-21(26)20(30-23(25)24-17)11-14-7-8-19(29-14)15-5-3-4-6-16(15)22(27)28/h3-11H,1-2H3,(H,27,28)/p-1/b20-11-. The lowest BCUT2D eigenvalue weighted by molar-refractivity contribution is -0.254. The lowest BCUT2D eigenvalue weighted by atomic mass is 10.1. The van der Waals surface area contributed by atoms with Gasteiger partial charge in [-0.2, -0.15) is 0 Å². The van der Waals surface area contributed by atoms with E-state index < -0.39 is 5.97 Å². The van der Waals surface area contributed by atoms with Crippen molar-refractivity contribution in [3.8, 4) is 11.3 Å². The monoisotopic (exact) mass is 415 g/mol. The van der Waals surface area contributed by atoms with Crippen molar-refractivity contribution in [1.29, 1.82) is 0 Å². The van der Waals surface area contributed by atoms with E-state index in [1.807, 2.05) is 26.0 Å². The minimum Gasteiger partial charge on any atom is -0.545 e. The number of carbonyl (C=O) groups is 1. The van der Waals surface area contributed by atoms with Crippen LogP contribution in [0.1, 0.15) is 27.2 Å². The van der Waals surface area contributed by atoms with Gasteiger partial charge in [0, 0.05) is 17.2 Å². The molecule has 0 unspecified atom stereocenters. The number of hydrogen-bond donors (Lipinski definition) is 0. The lowest BCUT2D eigenvalue weighted by Gasteiger charge is -2.07. The van der Waals surface area contributed by atoms with Crippen LogP contribution in [-0.4, -0.2) is 15.4 Å². The summed E-state index contributed by atoms with van der Waals surface area (Å²) in [6.07, 6.45) is 1.65. The van der Waals surface area contributed by atoms with Gasteiger partial charge in [-0.3, -0.25) is 4.79 Å². The largest absolute Gasteiger partial charge is 0.545 e. The number of carboxylic acids is 1. The summed E-state index contributed by atoms with van der Waals surface area (Å²) >= 11 is 1.29. The molecule has 5 aromatic rings. The predicted molar refractivity (Wildman–Crippen MR) is 114 cm³/mol. The van der Waals surface area contributed by atoms with E-state index in [1.54, 1.807) is 40.8 Å². The Balaban J connectivity index is 1.63. The van der Waals surface area contributed by atoms with Gasteiger partial charge in [-0.1, -0.05) is 35.6 Å². The molecule has 0 aliphatic heterocycles. The molecule has 0 spiro atoms. The molecule has 0 N–H and O–H groups in total. The highest BCUT2D eigenvalue weighted by Crippen LogP contribution is 2.26. The third-order valence-electron chi connectivity index (χ3n) is 5.17. The van der Waals surface area contributed by atoms with Crippen LogP contribution in [0.15, 0.2) is 57.7 Å². The van der Waals surface area contributed by atoms with E-state index in [9.17, 15) is 14.7 Å². The summed E-state index contributed by atoms with van der Waals surface area (Å²) in [4.78, 5) is 29.6. The Morgan fingerprint density at radius 3 is 2.70 bits per heavy atom. The summed E-state index contributed by atoms with van der Waals surface area (Å²) in [6, 6.07) is 13.8. The number of nitrogens with zero attached hydrogens (tertiary/aromatic N) is 2. The zero-order valence-corrected chi connectivity index (χ0v) is 16.9. The predicted octanol–water partition coefficient (Wildman–Crippen LogP) is 2.70. The summed E-state index contributed by atoms with van der Waals surface area (Å²) < 4.78 is 7.92. The molecular formula is C23H15N2O4S-. The molecule has 0 fully saturated rings. The smallest absolute Gasteiger partial charge is 0.275 e. The Hall–Kier alpha value is -3.71. The van der Waals surface area contributed by atoms with Gasteiger partial charge in [0.05, 0.1) is 17.0 Å². The molecule has 148 valence electrons. The average Bonchev–Trinajstić information content (AvgIpc) is 3.39. The molecular weight excluding hydrogens is 400 g/mol. The molecule has 7 heteroatoms. The Morgan fingerprint density at radius 1 is 1.13 bits per heavy atom. The van der Waals surface area contributed by atoms with Crippen LogP contribution < -0.4 is 15.2 Å². The van der Waals surface area contributed by atoms with E-state index in [2.05, 4.69) is 4.98 Å². The number of aryl methyl sites for hydroxylation is 2. The number of hydrogen-bond acceptors (Lipinski definition) is 6. The van der Waals surface area contributed by atoms with E-state index >= 15 is 0 Å². The van der Waals surface area contributed by atoms with Crippen LogP contribution >= 0.6 is 11.3 Å². The number of aromatic carboxylic acids is 1. The topological polar surface area (TPSA) is 87.6 Å². The molecule has 6 nitrogen and oxygen atoms in total. The van der Waals surface area contributed by atoms with Crippen molar-refractivity contribution in [2.75, 3.05) is 0 Å². The van der Waals surface area contributed by atoms with Crippen molar-refractivity contribution in [3.63, 3.8) is 0 Å². The molecule has 3 aromatic heterocycles. The Labute approximate surface area is 174 Å². The first-order valence-corrected chi connectivity index (χ1v) is 10.1. The number of thiazole rings is 1. The summed E-state index contributed by atoms with van der Waals surface area (Å²) in [6.45, 7) is 4.03. The molecule has 0 aliphatic carbocycles. The van der Waals surface area contributed by atoms with E-state index in [4.69, 9.17) is 4.42 Å². The van der Waals surface area contributed by atoms with Crippen LogP contribution in [0.3, 0.4) is 0 Å². The minimum atomic E-state index is -1.27. The van der Waals surface area contributed by atoms with Gasteiger partial charge in [-0.25, -0.2) is 9.38 Å². The second-order valence-corrected chi connectivity index (χ2v) is 8.11. The maximum atomic E-state index is 13.0. The fourth-order valence-corrected chi connectivity index (χ4v) is 4.47. The number of aromatic nitrogens is 2. The van der Waals surface area contributed by atoms with Crippen molar-refractivity contribution >= 4 is 39.4 Å². The molecule has 3 heterocycles. The average molecular weight is 415 g/mol. The molecule has 30 heavy (non-hydrogen) atoms. The van der Waals surface area contributed by atoms with Crippen molar-refractivity contribution in [2.45, 2.75) is 13.8 Å². The van der Waals surface area contributed by atoms with Crippen molar-refractivity contribution in [1.82, 2.24) is 9.38 Å². The molecule has 2 aromatic carbocycles. The third kappa shape index (κ3) is 2.83. The molecule has 0 radical (unpaired) electrons. The van der Waals surface area contributed by atoms with Crippen LogP contribution in [0.4, 0.5) is 0 Å². The SMILES string of the molecule is Cc1cc2nc3s/c(=C\c4ccc(-c5ccccc5C(=O)[O-])o4)c(=O)n3c2cc1C. The van der Waals surface area contributed by atoms with Crippen molar-refractivity contribution in [2.24, 2.45) is 0 Å². The number of furan rings is 1. The third-order valence-corrected chi connectivity index (χ3v) is 6.14. The summed E-state index contributed by atoms with van der Waals surface area (Å²) in [7, 11) is 0. The number of benzene rings is 2. The van der Waals surface area contributed by atoms with Gasteiger partial charge >= 0.3 is 0 Å². The lowest BCUT2D eigenvalue weighted by Crippen LogP contribution is -2.22. The van der Waals surface area contributed by atoms with Crippen LogP contribution in [0, 0.1) is 13.8 Å². The van der Waals surface area contributed by atoms with Crippen LogP contribution in [-0.2, 0) is 0 Å². The van der Waals surface area contributed by atoms with Gasteiger partial charge in [0.1, 0.15) is 16.1 Å². The van der Waals surface area contributed by atoms with Gasteiger partial charge < -0.3 is 14.3 Å². The minimum absolute atomic E-state index is 0.0506. The molecule has 0 atom stereocenters. The van der Waals surface area contributed by atoms with Crippen LogP contribution in [0.5, 0.6) is 0 Å². The first-order chi connectivity index (χ1) is 14.4.